The van der Waals surface area contributed by atoms with Crippen LogP contribution in [0.2, 0.25) is 5.02 Å². The van der Waals surface area contributed by atoms with Crippen LogP contribution in [-0.2, 0) is 14.3 Å². The summed E-state index contributed by atoms with van der Waals surface area (Å²) in [6.07, 6.45) is 0. The van der Waals surface area contributed by atoms with Gasteiger partial charge in [-0.2, -0.15) is 0 Å². The van der Waals surface area contributed by atoms with Crippen molar-refractivity contribution in [3.8, 4) is 0 Å². The number of halogens is 2. The normalized spacial score (nSPS) is 21.1. The molecule has 0 aliphatic carbocycles. The molecule has 32 heavy (non-hydrogen) atoms. The summed E-state index contributed by atoms with van der Waals surface area (Å²) in [5.41, 5.74) is 1.66. The first-order valence-corrected chi connectivity index (χ1v) is 10.9. The monoisotopic (exact) mass is 458 g/mol. The van der Waals surface area contributed by atoms with Gasteiger partial charge in [-0.05, 0) is 48.9 Å². The van der Waals surface area contributed by atoms with Crippen LogP contribution in [0.1, 0.15) is 18.5 Å². The number of rotatable bonds is 4. The summed E-state index contributed by atoms with van der Waals surface area (Å²) in [5, 5.41) is 3.46. The molecule has 0 saturated carbocycles. The van der Waals surface area contributed by atoms with Gasteiger partial charge in [0.25, 0.3) is 0 Å². The molecule has 1 amide bonds. The van der Waals surface area contributed by atoms with Crippen molar-refractivity contribution in [2.45, 2.75) is 13.0 Å². The topological polar surface area (TPSA) is 74.2 Å². The second-order valence-corrected chi connectivity index (χ2v) is 8.06. The molecule has 168 valence electrons. The number of carbonyl (C=O) groups is 2. The molecule has 2 aromatic carbocycles. The number of hydrogen-bond acceptors (Lipinski definition) is 6. The third kappa shape index (κ3) is 4.70. The highest BCUT2D eigenvalue weighted by Crippen LogP contribution is 2.31. The van der Waals surface area contributed by atoms with Crippen LogP contribution < -0.4 is 10.2 Å². The predicted octanol–water partition coefficient (Wildman–Crippen LogP) is 3.01. The van der Waals surface area contributed by atoms with Crippen LogP contribution in [0.15, 0.2) is 53.5 Å². The van der Waals surface area contributed by atoms with Gasteiger partial charge in [-0.15, -0.1) is 0 Å². The van der Waals surface area contributed by atoms with Gasteiger partial charge < -0.3 is 14.5 Å². The van der Waals surface area contributed by atoms with E-state index < -0.39 is 29.7 Å². The third-order valence-corrected chi connectivity index (χ3v) is 5.87. The molecule has 1 fully saturated rings. The molecule has 0 aromatic heterocycles. The molecule has 0 bridgehead atoms. The van der Waals surface area contributed by atoms with E-state index in [9.17, 15) is 14.0 Å². The highest BCUT2D eigenvalue weighted by molar-refractivity contribution is 6.30. The zero-order valence-corrected chi connectivity index (χ0v) is 18.4. The molecule has 2 heterocycles. The van der Waals surface area contributed by atoms with Crippen molar-refractivity contribution in [3.05, 3.63) is 64.9 Å². The number of benzene rings is 2. The van der Waals surface area contributed by atoms with E-state index in [4.69, 9.17) is 21.3 Å². The van der Waals surface area contributed by atoms with Crippen LogP contribution >= 0.6 is 11.6 Å². The smallest absolute Gasteiger partial charge is 0.321 e. The van der Waals surface area contributed by atoms with Crippen molar-refractivity contribution in [3.63, 3.8) is 0 Å². The third-order valence-electron chi connectivity index (χ3n) is 5.62. The van der Waals surface area contributed by atoms with Crippen LogP contribution in [0.25, 0.3) is 0 Å². The molecule has 9 heteroatoms. The zero-order valence-electron chi connectivity index (χ0n) is 17.6. The molecule has 2 aromatic rings. The van der Waals surface area contributed by atoms with Crippen LogP contribution in [0.4, 0.5) is 10.1 Å². The minimum atomic E-state index is -1.13. The van der Waals surface area contributed by atoms with Crippen molar-refractivity contribution < 1.29 is 18.7 Å². The summed E-state index contributed by atoms with van der Waals surface area (Å²) >= 11 is 5.98. The molecule has 1 N–H and O–H groups in total. The standard InChI is InChI=1S/C23H24ClFN4O3/c1-2-32-22(31)19-20(15-3-7-17(25)8-4-15)26-23(27-21(19)30)29-13-11-28(12-14-29)18-9-5-16(24)6-10-18/h3-10,19-20H,2,11-14H2,1H3,(H,26,27,30)/t19-,20+/m0/s1. The molecule has 4 rings (SSSR count). The first-order valence-electron chi connectivity index (χ1n) is 10.5. The number of amides is 1. The second kappa shape index (κ2) is 9.56. The average Bonchev–Trinajstić information content (AvgIpc) is 2.80. The Morgan fingerprint density at radius 2 is 1.72 bits per heavy atom. The van der Waals surface area contributed by atoms with E-state index in [1.54, 1.807) is 19.1 Å². The number of ether oxygens (including phenoxy) is 1. The highest BCUT2D eigenvalue weighted by atomic mass is 35.5. The molecule has 0 unspecified atom stereocenters. The van der Waals surface area contributed by atoms with Gasteiger partial charge in [0, 0.05) is 36.9 Å². The van der Waals surface area contributed by atoms with Gasteiger partial charge in [-0.1, -0.05) is 23.7 Å². The van der Waals surface area contributed by atoms with Crippen LogP contribution in [0.3, 0.4) is 0 Å². The Balaban J connectivity index is 1.55. The first-order chi connectivity index (χ1) is 15.5. The minimum absolute atomic E-state index is 0.155. The van der Waals surface area contributed by atoms with Gasteiger partial charge >= 0.3 is 5.97 Å². The molecule has 0 radical (unpaired) electrons. The van der Waals surface area contributed by atoms with Gasteiger partial charge in [0.05, 0.1) is 6.61 Å². The lowest BCUT2D eigenvalue weighted by molar-refractivity contribution is -0.153. The Kier molecular flexibility index (Phi) is 6.60. The van der Waals surface area contributed by atoms with Gasteiger partial charge in [-0.25, -0.2) is 9.38 Å². The lowest BCUT2D eigenvalue weighted by Gasteiger charge is -2.39. The van der Waals surface area contributed by atoms with Gasteiger partial charge in [0.1, 0.15) is 11.9 Å². The number of esters is 1. The summed E-state index contributed by atoms with van der Waals surface area (Å²) in [5.74, 6) is -2.22. The Hall–Kier alpha value is -3.13. The summed E-state index contributed by atoms with van der Waals surface area (Å²) in [7, 11) is 0. The molecule has 2 atom stereocenters. The van der Waals surface area contributed by atoms with Crippen molar-refractivity contribution in [2.75, 3.05) is 37.7 Å². The number of anilines is 1. The number of nitrogens with one attached hydrogen (secondary N) is 1. The fourth-order valence-corrected chi connectivity index (χ4v) is 4.08. The van der Waals surface area contributed by atoms with Crippen molar-refractivity contribution in [1.29, 1.82) is 0 Å². The van der Waals surface area contributed by atoms with Gasteiger partial charge in [0.15, 0.2) is 5.92 Å². The van der Waals surface area contributed by atoms with E-state index in [0.29, 0.717) is 29.6 Å². The zero-order chi connectivity index (χ0) is 22.7. The summed E-state index contributed by atoms with van der Waals surface area (Å²) in [4.78, 5) is 34.3. The lowest BCUT2D eigenvalue weighted by atomic mass is 9.91. The van der Waals surface area contributed by atoms with E-state index in [0.717, 1.165) is 18.8 Å². The molecule has 2 aliphatic heterocycles. The SMILES string of the molecule is CCOC(=O)[C@@H]1C(=O)NC(N2CCN(c3ccc(Cl)cc3)CC2)=N[C@@H]1c1ccc(F)cc1. The fourth-order valence-electron chi connectivity index (χ4n) is 3.95. The quantitative estimate of drug-likeness (QED) is 0.563. The fraction of sp³-hybridized carbons (Fsp3) is 0.348. The second-order valence-electron chi connectivity index (χ2n) is 7.62. The average molecular weight is 459 g/mol. The van der Waals surface area contributed by atoms with E-state index in [2.05, 4.69) is 10.2 Å². The molecule has 2 aliphatic rings. The maximum absolute atomic E-state index is 13.4. The van der Waals surface area contributed by atoms with E-state index in [1.165, 1.54) is 12.1 Å². The van der Waals surface area contributed by atoms with Crippen LogP contribution in [0.5, 0.6) is 0 Å². The number of hydrogen-bond donors (Lipinski definition) is 1. The number of guanidine groups is 1. The summed E-state index contributed by atoms with van der Waals surface area (Å²) in [6, 6.07) is 12.6. The molecule has 0 spiro atoms. The summed E-state index contributed by atoms with van der Waals surface area (Å²) < 4.78 is 18.6. The molecule has 1 saturated heterocycles. The lowest BCUT2D eigenvalue weighted by Crippen LogP contribution is -2.57. The first kappa shape index (κ1) is 22.1. The molecular weight excluding hydrogens is 435 g/mol. The maximum Gasteiger partial charge on any atom is 0.321 e. The molecule has 7 nitrogen and oxygen atoms in total. The van der Waals surface area contributed by atoms with Crippen LogP contribution in [0, 0.1) is 11.7 Å². The van der Waals surface area contributed by atoms with Crippen molar-refractivity contribution in [1.82, 2.24) is 10.2 Å². The highest BCUT2D eigenvalue weighted by Gasteiger charge is 2.42. The van der Waals surface area contributed by atoms with Gasteiger partial charge in [0.2, 0.25) is 11.9 Å². The van der Waals surface area contributed by atoms with E-state index in [-0.39, 0.29) is 6.61 Å². The molecular formula is C23H24ClFN4O3. The maximum atomic E-state index is 13.4. The number of nitrogens with zero attached hydrogens (tertiary/aromatic N) is 3. The number of carbonyl (C=O) groups excluding carboxylic acids is 2. The summed E-state index contributed by atoms with van der Waals surface area (Å²) in [6.45, 7) is 4.59. The van der Waals surface area contributed by atoms with E-state index in [1.807, 2.05) is 29.2 Å². The Morgan fingerprint density at radius 3 is 2.34 bits per heavy atom. The van der Waals surface area contributed by atoms with Crippen LogP contribution in [-0.4, -0.2) is 55.5 Å². The largest absolute Gasteiger partial charge is 0.465 e. The Labute approximate surface area is 190 Å². The number of piperazine rings is 1. The Morgan fingerprint density at radius 1 is 1.09 bits per heavy atom. The van der Waals surface area contributed by atoms with Crippen molar-refractivity contribution in [2.24, 2.45) is 10.9 Å². The predicted molar refractivity (Wildman–Crippen MR) is 120 cm³/mol. The number of aliphatic imine (C=N–C) groups is 1. The van der Waals surface area contributed by atoms with Gasteiger partial charge in [-0.3, -0.25) is 14.9 Å². The van der Waals surface area contributed by atoms with Crippen molar-refractivity contribution >= 4 is 35.1 Å². The van der Waals surface area contributed by atoms with E-state index >= 15 is 0 Å². The minimum Gasteiger partial charge on any atom is -0.465 e. The Bertz CT molecular complexity index is 1000.